The molecule has 1 atom stereocenters. The molecule has 0 radical (unpaired) electrons. The summed E-state index contributed by atoms with van der Waals surface area (Å²) >= 11 is 3.66. The Morgan fingerprint density at radius 2 is 2.00 bits per heavy atom. The van der Waals surface area contributed by atoms with Gasteiger partial charge in [0, 0.05) is 36.3 Å². The first-order valence-electron chi connectivity index (χ1n) is 7.29. The Bertz CT molecular complexity index is 544. The SMILES string of the molecule is CNC(C)c1ccc(N2CCN(C)C(=O)C2(C)C)cc1Br. The molecule has 21 heavy (non-hydrogen) atoms. The molecule has 1 N–H and O–H groups in total. The Morgan fingerprint density at radius 1 is 1.33 bits per heavy atom. The molecule has 116 valence electrons. The normalized spacial score (nSPS) is 19.8. The highest BCUT2D eigenvalue weighted by atomic mass is 79.9. The minimum Gasteiger partial charge on any atom is -0.356 e. The number of halogens is 1. The Hall–Kier alpha value is -1.07. The van der Waals surface area contributed by atoms with E-state index in [1.807, 2.05) is 32.8 Å². The largest absolute Gasteiger partial charge is 0.356 e. The van der Waals surface area contributed by atoms with E-state index in [2.05, 4.69) is 51.3 Å². The van der Waals surface area contributed by atoms with E-state index in [0.717, 1.165) is 23.2 Å². The lowest BCUT2D eigenvalue weighted by molar-refractivity contribution is -0.136. The van der Waals surface area contributed by atoms with E-state index in [-0.39, 0.29) is 11.9 Å². The van der Waals surface area contributed by atoms with Crippen molar-refractivity contribution in [3.8, 4) is 0 Å². The molecule has 4 nitrogen and oxygen atoms in total. The van der Waals surface area contributed by atoms with Gasteiger partial charge in [-0.3, -0.25) is 4.79 Å². The van der Waals surface area contributed by atoms with Crippen LogP contribution in [0.3, 0.4) is 0 Å². The lowest BCUT2D eigenvalue weighted by atomic mass is 9.96. The average Bonchev–Trinajstić information content (AvgIpc) is 2.44. The van der Waals surface area contributed by atoms with Crippen molar-refractivity contribution in [2.75, 3.05) is 32.1 Å². The smallest absolute Gasteiger partial charge is 0.247 e. The highest BCUT2D eigenvalue weighted by molar-refractivity contribution is 9.10. The lowest BCUT2D eigenvalue weighted by Gasteiger charge is -2.46. The van der Waals surface area contributed by atoms with Crippen LogP contribution in [0.25, 0.3) is 0 Å². The second-order valence-corrected chi connectivity index (χ2v) is 7.01. The minimum absolute atomic E-state index is 0.164. The number of amides is 1. The van der Waals surface area contributed by atoms with Crippen LogP contribution in [0.1, 0.15) is 32.4 Å². The third-order valence-electron chi connectivity index (χ3n) is 4.40. The van der Waals surface area contributed by atoms with Crippen molar-refractivity contribution in [2.24, 2.45) is 0 Å². The van der Waals surface area contributed by atoms with Gasteiger partial charge >= 0.3 is 0 Å². The number of benzene rings is 1. The van der Waals surface area contributed by atoms with Crippen LogP contribution >= 0.6 is 15.9 Å². The summed E-state index contributed by atoms with van der Waals surface area (Å²) < 4.78 is 1.07. The fourth-order valence-electron chi connectivity index (χ4n) is 2.86. The molecule has 0 spiro atoms. The van der Waals surface area contributed by atoms with Gasteiger partial charge in [0.1, 0.15) is 5.54 Å². The zero-order chi connectivity index (χ0) is 15.8. The molecular formula is C16H24BrN3O. The first kappa shape index (κ1) is 16.3. The molecule has 0 aliphatic carbocycles. The average molecular weight is 354 g/mol. The Balaban J connectivity index is 2.34. The van der Waals surface area contributed by atoms with Gasteiger partial charge in [0.15, 0.2) is 0 Å². The topological polar surface area (TPSA) is 35.6 Å². The van der Waals surface area contributed by atoms with Crippen LogP contribution in [0, 0.1) is 0 Å². The molecular weight excluding hydrogens is 330 g/mol. The van der Waals surface area contributed by atoms with E-state index in [1.165, 1.54) is 5.56 Å². The maximum Gasteiger partial charge on any atom is 0.247 e. The number of hydrogen-bond acceptors (Lipinski definition) is 3. The van der Waals surface area contributed by atoms with Crippen LogP contribution in [0.4, 0.5) is 5.69 Å². The van der Waals surface area contributed by atoms with Gasteiger partial charge in [-0.2, -0.15) is 0 Å². The number of carbonyl (C=O) groups is 1. The summed E-state index contributed by atoms with van der Waals surface area (Å²) in [5, 5.41) is 3.25. The van der Waals surface area contributed by atoms with E-state index in [1.54, 1.807) is 0 Å². The van der Waals surface area contributed by atoms with Crippen LogP contribution in [0.5, 0.6) is 0 Å². The van der Waals surface area contributed by atoms with Crippen molar-refractivity contribution >= 4 is 27.5 Å². The van der Waals surface area contributed by atoms with Crippen LogP contribution in [-0.2, 0) is 4.79 Å². The minimum atomic E-state index is -0.511. The standard InChI is InChI=1S/C16H24BrN3O/c1-11(18-4)13-7-6-12(10-14(13)17)20-9-8-19(5)15(21)16(20,2)3/h6-7,10-11,18H,8-9H2,1-5H3. The molecule has 1 aliphatic heterocycles. The van der Waals surface area contributed by atoms with Crippen molar-refractivity contribution in [1.29, 1.82) is 0 Å². The molecule has 0 aromatic heterocycles. The predicted octanol–water partition coefficient (Wildman–Crippen LogP) is 2.79. The molecule has 1 amide bonds. The summed E-state index contributed by atoms with van der Waals surface area (Å²) in [6.45, 7) is 7.71. The van der Waals surface area contributed by atoms with Gasteiger partial charge in [-0.25, -0.2) is 0 Å². The maximum atomic E-state index is 12.4. The fourth-order valence-corrected chi connectivity index (χ4v) is 3.57. The van der Waals surface area contributed by atoms with Gasteiger partial charge in [0.25, 0.3) is 0 Å². The highest BCUT2D eigenvalue weighted by Gasteiger charge is 2.40. The first-order valence-corrected chi connectivity index (χ1v) is 8.08. The Labute approximate surface area is 135 Å². The number of nitrogens with zero attached hydrogens (tertiary/aromatic N) is 2. The van der Waals surface area contributed by atoms with Crippen LogP contribution in [0.15, 0.2) is 22.7 Å². The zero-order valence-electron chi connectivity index (χ0n) is 13.4. The predicted molar refractivity (Wildman–Crippen MR) is 90.7 cm³/mol. The highest BCUT2D eigenvalue weighted by Crippen LogP contribution is 2.33. The summed E-state index contributed by atoms with van der Waals surface area (Å²) in [4.78, 5) is 16.4. The fraction of sp³-hybridized carbons (Fsp3) is 0.562. The van der Waals surface area contributed by atoms with Gasteiger partial charge in [-0.05, 0) is 45.5 Å². The summed E-state index contributed by atoms with van der Waals surface area (Å²) in [5.74, 6) is 0.164. The summed E-state index contributed by atoms with van der Waals surface area (Å²) in [6.07, 6.45) is 0. The third kappa shape index (κ3) is 2.94. The van der Waals surface area contributed by atoms with Gasteiger partial charge in [0.2, 0.25) is 5.91 Å². The zero-order valence-corrected chi connectivity index (χ0v) is 15.0. The molecule has 1 fully saturated rings. The van der Waals surface area contributed by atoms with Crippen LogP contribution in [-0.4, -0.2) is 43.5 Å². The number of anilines is 1. The maximum absolute atomic E-state index is 12.4. The van der Waals surface area contributed by atoms with Gasteiger partial charge in [-0.1, -0.05) is 22.0 Å². The van der Waals surface area contributed by atoms with E-state index in [9.17, 15) is 4.79 Å². The number of carbonyl (C=O) groups excluding carboxylic acids is 1. The molecule has 1 saturated heterocycles. The van der Waals surface area contributed by atoms with Crippen molar-refractivity contribution in [1.82, 2.24) is 10.2 Å². The Kier molecular flexibility index (Phi) is 4.63. The molecule has 1 heterocycles. The molecule has 0 saturated carbocycles. The molecule has 0 bridgehead atoms. The molecule has 1 aliphatic rings. The first-order chi connectivity index (χ1) is 9.78. The van der Waals surface area contributed by atoms with E-state index < -0.39 is 5.54 Å². The number of rotatable bonds is 3. The van der Waals surface area contributed by atoms with Crippen molar-refractivity contribution in [3.63, 3.8) is 0 Å². The molecule has 1 aromatic rings. The summed E-state index contributed by atoms with van der Waals surface area (Å²) in [5.41, 5.74) is 1.79. The molecule has 1 unspecified atom stereocenters. The lowest BCUT2D eigenvalue weighted by Crippen LogP contribution is -2.62. The quantitative estimate of drug-likeness (QED) is 0.907. The van der Waals surface area contributed by atoms with Gasteiger partial charge in [0.05, 0.1) is 0 Å². The molecule has 1 aromatic carbocycles. The third-order valence-corrected chi connectivity index (χ3v) is 5.09. The van der Waals surface area contributed by atoms with Gasteiger partial charge < -0.3 is 15.1 Å². The number of piperazine rings is 1. The number of hydrogen-bond donors (Lipinski definition) is 1. The molecule has 2 rings (SSSR count). The number of likely N-dealkylation sites (N-methyl/N-ethyl adjacent to an activating group) is 1. The van der Waals surface area contributed by atoms with Gasteiger partial charge in [-0.15, -0.1) is 0 Å². The summed E-state index contributed by atoms with van der Waals surface area (Å²) in [6, 6.07) is 6.63. The van der Waals surface area contributed by atoms with Crippen molar-refractivity contribution < 1.29 is 4.79 Å². The van der Waals surface area contributed by atoms with Crippen molar-refractivity contribution in [3.05, 3.63) is 28.2 Å². The second-order valence-electron chi connectivity index (χ2n) is 6.15. The van der Waals surface area contributed by atoms with Crippen molar-refractivity contribution in [2.45, 2.75) is 32.4 Å². The van der Waals surface area contributed by atoms with E-state index in [0.29, 0.717) is 0 Å². The van der Waals surface area contributed by atoms with E-state index in [4.69, 9.17) is 0 Å². The van der Waals surface area contributed by atoms with E-state index >= 15 is 0 Å². The monoisotopic (exact) mass is 353 g/mol. The molecule has 5 heteroatoms. The van der Waals surface area contributed by atoms with Crippen LogP contribution < -0.4 is 10.2 Å². The second kappa shape index (κ2) is 5.97. The number of nitrogens with one attached hydrogen (secondary N) is 1. The summed E-state index contributed by atoms with van der Waals surface area (Å²) in [7, 11) is 3.82. The van der Waals surface area contributed by atoms with Crippen LogP contribution in [0.2, 0.25) is 0 Å². The Morgan fingerprint density at radius 3 is 2.57 bits per heavy atom.